The molecule has 1 N–H and O–H groups in total. The molecule has 4 heterocycles. The van der Waals surface area contributed by atoms with Crippen LogP contribution in [0.5, 0.6) is 0 Å². The minimum atomic E-state index is -3.86. The number of benzene rings is 1. The molecule has 0 atom stereocenters. The largest absolute Gasteiger partial charge is 0.396 e. The molecular formula is C23H27N5O5S2. The molecule has 12 heteroatoms. The molecule has 0 amide bonds. The molecule has 1 aromatic carbocycles. The number of pyridine rings is 1. The fraction of sp³-hybridized carbons (Fsp3) is 0.391. The van der Waals surface area contributed by atoms with Crippen LogP contribution in [-0.2, 0) is 32.0 Å². The lowest BCUT2D eigenvalue weighted by Crippen LogP contribution is -2.46. The molecule has 0 aliphatic carbocycles. The molecular weight excluding hydrogens is 490 g/mol. The number of aromatic nitrogens is 4. The molecule has 1 aliphatic rings. The van der Waals surface area contributed by atoms with Crippen molar-refractivity contribution in [2.45, 2.75) is 36.6 Å². The maximum atomic E-state index is 13.3. The van der Waals surface area contributed by atoms with Gasteiger partial charge in [0.15, 0.2) is 5.65 Å². The maximum absolute atomic E-state index is 13.3. The summed E-state index contributed by atoms with van der Waals surface area (Å²) in [6.07, 6.45) is 5.68. The number of rotatable bonds is 6. The molecule has 1 aliphatic heterocycles. The predicted octanol–water partition coefficient (Wildman–Crippen LogP) is 1.93. The summed E-state index contributed by atoms with van der Waals surface area (Å²) < 4.78 is 55.5. The van der Waals surface area contributed by atoms with Crippen molar-refractivity contribution >= 4 is 42.1 Å². The molecule has 5 rings (SSSR count). The van der Waals surface area contributed by atoms with E-state index in [9.17, 15) is 21.9 Å². The number of nitrogens with zero attached hydrogens (tertiary/aromatic N) is 5. The van der Waals surface area contributed by atoms with Crippen molar-refractivity contribution < 1.29 is 21.9 Å². The first-order valence-electron chi connectivity index (χ1n) is 11.3. The van der Waals surface area contributed by atoms with Gasteiger partial charge in [0.2, 0.25) is 10.0 Å². The van der Waals surface area contributed by atoms with E-state index in [1.165, 1.54) is 20.7 Å². The van der Waals surface area contributed by atoms with Crippen molar-refractivity contribution in [2.75, 3.05) is 26.0 Å². The Morgan fingerprint density at radius 3 is 2.37 bits per heavy atom. The fourth-order valence-electron chi connectivity index (χ4n) is 4.95. The minimum Gasteiger partial charge on any atom is -0.396 e. The average molecular weight is 518 g/mol. The Bertz CT molecular complexity index is 1620. The van der Waals surface area contributed by atoms with Crippen LogP contribution in [0, 0.1) is 0 Å². The molecule has 10 nitrogen and oxygen atoms in total. The number of sulfonamides is 1. The van der Waals surface area contributed by atoms with Crippen molar-refractivity contribution in [3.63, 3.8) is 0 Å². The van der Waals surface area contributed by atoms with Gasteiger partial charge in [0.25, 0.3) is 10.0 Å². The van der Waals surface area contributed by atoms with Gasteiger partial charge in [0, 0.05) is 36.6 Å². The summed E-state index contributed by atoms with van der Waals surface area (Å²) in [5.41, 5.74) is 1.14. The predicted molar refractivity (Wildman–Crippen MR) is 132 cm³/mol. The van der Waals surface area contributed by atoms with Gasteiger partial charge >= 0.3 is 0 Å². The van der Waals surface area contributed by atoms with Crippen LogP contribution in [0.1, 0.15) is 25.6 Å². The van der Waals surface area contributed by atoms with E-state index in [1.807, 2.05) is 0 Å². The summed E-state index contributed by atoms with van der Waals surface area (Å²) >= 11 is 0. The normalized spacial score (nSPS) is 17.3. The number of hydrogen-bond acceptors (Lipinski definition) is 7. The van der Waals surface area contributed by atoms with Gasteiger partial charge in [-0.2, -0.15) is 0 Å². The number of imidazole rings is 1. The van der Waals surface area contributed by atoms with Crippen LogP contribution in [0.3, 0.4) is 0 Å². The Kier molecular flexibility index (Phi) is 5.74. The van der Waals surface area contributed by atoms with Gasteiger partial charge in [-0.05, 0) is 38.0 Å². The van der Waals surface area contributed by atoms with Crippen LogP contribution in [-0.4, -0.2) is 70.7 Å². The molecule has 0 unspecified atom stereocenters. The molecule has 0 saturated carbocycles. The van der Waals surface area contributed by atoms with Crippen LogP contribution in [0.15, 0.2) is 53.7 Å². The Morgan fingerprint density at radius 2 is 1.74 bits per heavy atom. The molecule has 3 aromatic heterocycles. The molecule has 4 aromatic rings. The van der Waals surface area contributed by atoms with Crippen LogP contribution in [0.4, 0.5) is 0 Å². The second-order valence-electron chi connectivity index (χ2n) is 9.16. The van der Waals surface area contributed by atoms with Crippen molar-refractivity contribution in [3.8, 4) is 0 Å². The summed E-state index contributed by atoms with van der Waals surface area (Å²) in [6.45, 7) is 2.68. The van der Waals surface area contributed by atoms with Crippen LogP contribution in [0.25, 0.3) is 22.1 Å². The van der Waals surface area contributed by atoms with Crippen molar-refractivity contribution in [2.24, 2.45) is 0 Å². The van der Waals surface area contributed by atoms with Gasteiger partial charge in [-0.15, -0.1) is 0 Å². The summed E-state index contributed by atoms with van der Waals surface area (Å²) in [6, 6.07) is 9.90. The lowest BCUT2D eigenvalue weighted by Gasteiger charge is -2.40. The Labute approximate surface area is 203 Å². The van der Waals surface area contributed by atoms with E-state index in [4.69, 9.17) is 4.98 Å². The van der Waals surface area contributed by atoms with Crippen LogP contribution in [0.2, 0.25) is 0 Å². The number of aliphatic hydroxyl groups is 1. The van der Waals surface area contributed by atoms with E-state index in [1.54, 1.807) is 42.6 Å². The van der Waals surface area contributed by atoms with E-state index in [2.05, 4.69) is 16.5 Å². The Morgan fingerprint density at radius 1 is 1.06 bits per heavy atom. The number of piperidine rings is 1. The van der Waals surface area contributed by atoms with Gasteiger partial charge in [-0.1, -0.05) is 18.2 Å². The Hall–Kier alpha value is -2.80. The zero-order chi connectivity index (χ0) is 25.0. The van der Waals surface area contributed by atoms with Gasteiger partial charge < -0.3 is 9.67 Å². The van der Waals surface area contributed by atoms with Gasteiger partial charge in [-0.25, -0.2) is 35.1 Å². The van der Waals surface area contributed by atoms with Crippen LogP contribution >= 0.6 is 0 Å². The van der Waals surface area contributed by atoms with Crippen molar-refractivity contribution in [1.29, 1.82) is 0 Å². The first-order valence-corrected chi connectivity index (χ1v) is 14.6. The average Bonchev–Trinajstić information content (AvgIpc) is 3.41. The zero-order valence-corrected chi connectivity index (χ0v) is 21.1. The van der Waals surface area contributed by atoms with Crippen LogP contribution < -0.4 is 0 Å². The molecule has 186 valence electrons. The highest BCUT2D eigenvalue weighted by Crippen LogP contribution is 2.38. The summed E-state index contributed by atoms with van der Waals surface area (Å²) in [5, 5.41) is 10.3. The lowest BCUT2D eigenvalue weighted by molar-refractivity contribution is 0.178. The van der Waals surface area contributed by atoms with Gasteiger partial charge in [0.1, 0.15) is 11.3 Å². The second kappa shape index (κ2) is 8.40. The van der Waals surface area contributed by atoms with Gasteiger partial charge in [-0.3, -0.25) is 0 Å². The summed E-state index contributed by atoms with van der Waals surface area (Å²) in [4.78, 5) is 9.33. The summed E-state index contributed by atoms with van der Waals surface area (Å²) in [7, 11) is -7.15. The fourth-order valence-corrected chi connectivity index (χ4v) is 7.11. The number of aliphatic hydroxyl groups excluding tert-OH is 1. The third-order valence-electron chi connectivity index (χ3n) is 6.81. The first-order chi connectivity index (χ1) is 16.6. The highest BCUT2D eigenvalue weighted by atomic mass is 32.2. The summed E-state index contributed by atoms with van der Waals surface area (Å²) in [5.74, 6) is 0.658. The topological polar surface area (TPSA) is 127 Å². The molecule has 1 fully saturated rings. The molecule has 35 heavy (non-hydrogen) atoms. The second-order valence-corrected chi connectivity index (χ2v) is 13.0. The zero-order valence-electron chi connectivity index (χ0n) is 19.5. The smallest absolute Gasteiger partial charge is 0.269 e. The van der Waals surface area contributed by atoms with Crippen molar-refractivity contribution in [1.82, 2.24) is 22.8 Å². The minimum absolute atomic E-state index is 0.102. The van der Waals surface area contributed by atoms with E-state index in [-0.39, 0.29) is 17.1 Å². The monoisotopic (exact) mass is 517 g/mol. The van der Waals surface area contributed by atoms with E-state index in [0.717, 1.165) is 5.52 Å². The number of hydrogen-bond donors (Lipinski definition) is 1. The standard InChI is InChI=1S/C23H27N5O5S2/c1-23(10-13-26(14-11-23)34(2,30)31)28-20(9-15-29)25-19-16-24-22-18(21(19)28)8-12-27(22)35(32,33)17-6-4-3-5-7-17/h3-8,12,16,29H,9-11,13-15H2,1-2H3. The SMILES string of the molecule is CC1(n2c(CCO)nc3cnc4c(ccn4S(=O)(=O)c4ccccc4)c32)CCN(S(C)(=O)=O)CC1. The highest BCUT2D eigenvalue weighted by molar-refractivity contribution is 7.90. The maximum Gasteiger partial charge on any atom is 0.269 e. The Balaban J connectivity index is 1.70. The van der Waals surface area contributed by atoms with Crippen molar-refractivity contribution in [3.05, 3.63) is 54.6 Å². The third-order valence-corrected chi connectivity index (χ3v) is 9.79. The molecule has 0 radical (unpaired) electrons. The van der Waals surface area contributed by atoms with E-state index in [0.29, 0.717) is 49.1 Å². The number of fused-ring (bicyclic) bond motifs is 3. The highest BCUT2D eigenvalue weighted by Gasteiger charge is 2.37. The molecule has 0 spiro atoms. The molecule has 0 bridgehead atoms. The van der Waals surface area contributed by atoms with E-state index < -0.39 is 25.6 Å². The van der Waals surface area contributed by atoms with E-state index >= 15 is 0 Å². The third kappa shape index (κ3) is 3.94. The first kappa shape index (κ1) is 23.9. The van der Waals surface area contributed by atoms with Gasteiger partial charge in [0.05, 0.1) is 29.5 Å². The quantitative estimate of drug-likeness (QED) is 0.414. The molecule has 1 saturated heterocycles. The lowest BCUT2D eigenvalue weighted by atomic mass is 9.89.